The first-order valence-corrected chi connectivity index (χ1v) is 6.48. The highest BCUT2D eigenvalue weighted by molar-refractivity contribution is 5.67. The molecule has 4 heteroatoms. The van der Waals surface area contributed by atoms with Crippen LogP contribution in [0.25, 0.3) is 11.3 Å². The zero-order chi connectivity index (χ0) is 13.9. The van der Waals surface area contributed by atoms with Crippen molar-refractivity contribution in [1.82, 2.24) is 5.16 Å². The molecule has 2 aromatic heterocycles. The van der Waals surface area contributed by atoms with Crippen molar-refractivity contribution in [2.24, 2.45) is 7.05 Å². The van der Waals surface area contributed by atoms with Crippen LogP contribution in [0.2, 0.25) is 0 Å². The second-order valence-electron chi connectivity index (χ2n) is 4.76. The maximum atomic E-state index is 6.05. The molecule has 4 nitrogen and oxygen atoms in total. The van der Waals surface area contributed by atoms with E-state index >= 15 is 0 Å². The molecule has 100 valence electrons. The normalized spacial score (nSPS) is 10.7. The fourth-order valence-electron chi connectivity index (χ4n) is 2.16. The van der Waals surface area contributed by atoms with E-state index in [0.29, 0.717) is 11.6 Å². The Kier molecular flexibility index (Phi) is 3.21. The first-order chi connectivity index (χ1) is 9.74. The minimum absolute atomic E-state index is 0.662. The summed E-state index contributed by atoms with van der Waals surface area (Å²) in [5.74, 6) is 1.36. The van der Waals surface area contributed by atoms with Gasteiger partial charge in [0.2, 0.25) is 0 Å². The van der Waals surface area contributed by atoms with Crippen molar-refractivity contribution in [2.75, 3.05) is 5.73 Å². The van der Waals surface area contributed by atoms with Gasteiger partial charge in [0.25, 0.3) is 5.82 Å². The summed E-state index contributed by atoms with van der Waals surface area (Å²) in [5, 5.41) is 4.12. The number of anilines is 1. The van der Waals surface area contributed by atoms with Crippen LogP contribution in [0.1, 0.15) is 11.3 Å². The molecule has 3 aromatic rings. The van der Waals surface area contributed by atoms with Gasteiger partial charge in [-0.2, -0.15) is 0 Å². The van der Waals surface area contributed by atoms with Crippen molar-refractivity contribution < 1.29 is 9.09 Å². The van der Waals surface area contributed by atoms with Gasteiger partial charge in [-0.05, 0) is 17.7 Å². The Morgan fingerprint density at radius 2 is 1.95 bits per heavy atom. The minimum Gasteiger partial charge on any atom is -0.356 e. The molecule has 20 heavy (non-hydrogen) atoms. The fraction of sp³-hybridized carbons (Fsp3) is 0.125. The molecule has 0 unspecified atom stereocenters. The lowest BCUT2D eigenvalue weighted by Crippen LogP contribution is -2.31. The van der Waals surface area contributed by atoms with E-state index in [1.165, 1.54) is 5.56 Å². The Bertz CT molecular complexity index is 720. The molecule has 2 heterocycles. The summed E-state index contributed by atoms with van der Waals surface area (Å²) < 4.78 is 7.27. The third kappa shape index (κ3) is 2.40. The molecule has 0 aliphatic heterocycles. The van der Waals surface area contributed by atoms with E-state index in [9.17, 15) is 0 Å². The third-order valence-corrected chi connectivity index (χ3v) is 3.28. The van der Waals surface area contributed by atoms with Crippen LogP contribution in [0, 0.1) is 0 Å². The number of benzene rings is 1. The Morgan fingerprint density at radius 1 is 1.15 bits per heavy atom. The summed E-state index contributed by atoms with van der Waals surface area (Å²) in [6.07, 6.45) is 2.66. The molecule has 1 aromatic carbocycles. The molecule has 0 amide bonds. The fourth-order valence-corrected chi connectivity index (χ4v) is 2.16. The van der Waals surface area contributed by atoms with Crippen molar-refractivity contribution in [3.63, 3.8) is 0 Å². The topological polar surface area (TPSA) is 55.9 Å². The average molecular weight is 266 g/mol. The number of hydrogen-bond acceptors (Lipinski definition) is 3. The first kappa shape index (κ1) is 12.4. The van der Waals surface area contributed by atoms with Crippen LogP contribution in [0.15, 0.2) is 59.3 Å². The number of pyridine rings is 1. The highest BCUT2D eigenvalue weighted by atomic mass is 16.5. The van der Waals surface area contributed by atoms with E-state index in [1.807, 2.05) is 54.2 Å². The molecule has 0 aliphatic carbocycles. The van der Waals surface area contributed by atoms with Gasteiger partial charge in [0, 0.05) is 12.5 Å². The van der Waals surface area contributed by atoms with Crippen molar-refractivity contribution in [1.29, 1.82) is 0 Å². The molecule has 3 rings (SSSR count). The molecule has 0 bridgehead atoms. The SMILES string of the molecule is C[n+]1cccc(-c2cc(Cc3ccccc3)no2)c1N. The third-order valence-electron chi connectivity index (χ3n) is 3.28. The highest BCUT2D eigenvalue weighted by Crippen LogP contribution is 2.24. The van der Waals surface area contributed by atoms with Gasteiger partial charge in [0.1, 0.15) is 5.56 Å². The molecular weight excluding hydrogens is 250 g/mol. The molecule has 0 aliphatic rings. The molecule has 0 saturated carbocycles. The summed E-state index contributed by atoms with van der Waals surface area (Å²) in [4.78, 5) is 0. The van der Waals surface area contributed by atoms with Gasteiger partial charge in [-0.25, -0.2) is 4.57 Å². The second-order valence-corrected chi connectivity index (χ2v) is 4.76. The van der Waals surface area contributed by atoms with Crippen molar-refractivity contribution in [3.05, 3.63) is 66.0 Å². The standard InChI is InChI=1S/C16H15N3O/c1-19-9-5-8-14(16(19)17)15-11-13(18-20-15)10-12-6-3-2-4-7-12/h2-9,11,17H,10H2,1H3/p+1. The maximum absolute atomic E-state index is 6.05. The van der Waals surface area contributed by atoms with E-state index in [2.05, 4.69) is 17.3 Å². The average Bonchev–Trinajstić information content (AvgIpc) is 2.91. The van der Waals surface area contributed by atoms with Crippen LogP contribution >= 0.6 is 0 Å². The summed E-state index contributed by atoms with van der Waals surface area (Å²) in [7, 11) is 1.90. The summed E-state index contributed by atoms with van der Waals surface area (Å²) in [5.41, 5.74) is 9.02. The molecule has 0 spiro atoms. The van der Waals surface area contributed by atoms with Crippen LogP contribution < -0.4 is 10.3 Å². The lowest BCUT2D eigenvalue weighted by Gasteiger charge is -1.99. The van der Waals surface area contributed by atoms with Gasteiger partial charge >= 0.3 is 0 Å². The van der Waals surface area contributed by atoms with E-state index in [1.54, 1.807) is 0 Å². The quantitative estimate of drug-likeness (QED) is 0.740. The Hall–Kier alpha value is -2.62. The van der Waals surface area contributed by atoms with Crippen LogP contribution in [0.4, 0.5) is 5.82 Å². The zero-order valence-corrected chi connectivity index (χ0v) is 11.3. The van der Waals surface area contributed by atoms with E-state index < -0.39 is 0 Å². The van der Waals surface area contributed by atoms with Gasteiger partial charge in [-0.15, -0.1) is 0 Å². The van der Waals surface area contributed by atoms with Gasteiger partial charge in [-0.1, -0.05) is 35.5 Å². The largest absolute Gasteiger partial charge is 0.356 e. The number of rotatable bonds is 3. The summed E-state index contributed by atoms with van der Waals surface area (Å²) in [6.45, 7) is 0. The van der Waals surface area contributed by atoms with Gasteiger partial charge in [-0.3, -0.25) is 5.73 Å². The molecule has 0 saturated heterocycles. The van der Waals surface area contributed by atoms with Crippen LogP contribution in [0.5, 0.6) is 0 Å². The highest BCUT2D eigenvalue weighted by Gasteiger charge is 2.15. The van der Waals surface area contributed by atoms with Gasteiger partial charge < -0.3 is 4.52 Å². The van der Waals surface area contributed by atoms with E-state index in [-0.39, 0.29) is 0 Å². The number of aromatic nitrogens is 2. The number of nitrogens with two attached hydrogens (primary N) is 1. The molecule has 0 atom stereocenters. The maximum Gasteiger partial charge on any atom is 0.283 e. The zero-order valence-electron chi connectivity index (χ0n) is 11.3. The second kappa shape index (κ2) is 5.17. The Morgan fingerprint density at radius 3 is 2.75 bits per heavy atom. The van der Waals surface area contributed by atoms with Crippen LogP contribution in [0.3, 0.4) is 0 Å². The monoisotopic (exact) mass is 266 g/mol. The van der Waals surface area contributed by atoms with Gasteiger partial charge in [0.05, 0.1) is 18.9 Å². The van der Waals surface area contributed by atoms with E-state index in [0.717, 1.165) is 17.7 Å². The molecule has 2 N–H and O–H groups in total. The van der Waals surface area contributed by atoms with Crippen molar-refractivity contribution in [2.45, 2.75) is 6.42 Å². The van der Waals surface area contributed by atoms with Crippen LogP contribution in [-0.2, 0) is 13.5 Å². The number of nitrogens with zero attached hydrogens (tertiary/aromatic N) is 2. The number of nitrogen functional groups attached to an aromatic ring is 1. The van der Waals surface area contributed by atoms with E-state index in [4.69, 9.17) is 10.3 Å². The Balaban J connectivity index is 1.89. The predicted molar refractivity (Wildman–Crippen MR) is 76.8 cm³/mol. The van der Waals surface area contributed by atoms with Crippen molar-refractivity contribution >= 4 is 5.82 Å². The molecule has 0 radical (unpaired) electrons. The summed E-state index contributed by atoms with van der Waals surface area (Å²) >= 11 is 0. The minimum atomic E-state index is 0.662. The van der Waals surface area contributed by atoms with Gasteiger partial charge in [0.15, 0.2) is 5.76 Å². The summed E-state index contributed by atoms with van der Waals surface area (Å²) in [6, 6.07) is 16.0. The first-order valence-electron chi connectivity index (χ1n) is 6.48. The van der Waals surface area contributed by atoms with Crippen LogP contribution in [-0.4, -0.2) is 5.16 Å². The predicted octanol–water partition coefficient (Wildman–Crippen LogP) is 2.34. The Labute approximate surface area is 117 Å². The molecular formula is C16H16N3O+. The van der Waals surface area contributed by atoms with Crippen molar-refractivity contribution in [3.8, 4) is 11.3 Å². The number of hydrogen-bond donors (Lipinski definition) is 1. The number of aryl methyl sites for hydroxylation is 1. The lowest BCUT2D eigenvalue weighted by molar-refractivity contribution is -0.656. The lowest BCUT2D eigenvalue weighted by atomic mass is 10.1. The molecule has 0 fully saturated rings. The smallest absolute Gasteiger partial charge is 0.283 e.